The minimum Gasteiger partial charge on any atom is -0.457 e. The van der Waals surface area contributed by atoms with Gasteiger partial charge >= 0.3 is 17.9 Å². The Morgan fingerprint density at radius 1 is 0.919 bits per heavy atom. The number of fused-ring (bicyclic) bond motifs is 4. The number of esters is 3. The number of Topliss-reactive ketones (excluding diaryl/α,β-unsaturated/α-hetero) is 1. The average Bonchev–Trinajstić information content (AvgIpc) is 3.50. The fourth-order valence-electron chi connectivity index (χ4n) is 10.2. The fraction of sp³-hybridized carbons (Fsp3) is 0.404. The smallest absolute Gasteiger partial charge is 0.338 e. The van der Waals surface area contributed by atoms with E-state index in [1.165, 1.54) is 26.0 Å². The van der Waals surface area contributed by atoms with Crippen molar-refractivity contribution >= 4 is 47.1 Å². The summed E-state index contributed by atoms with van der Waals surface area (Å²) in [5.74, 6) is -6.01. The Bertz CT molecular complexity index is 2350. The molecule has 4 N–H and O–H groups in total. The third-order valence-electron chi connectivity index (χ3n) is 13.2. The molecule has 15 heteroatoms. The van der Waals surface area contributed by atoms with Gasteiger partial charge in [-0.3, -0.25) is 24.0 Å². The molecule has 62 heavy (non-hydrogen) atoms. The predicted molar refractivity (Wildman–Crippen MR) is 223 cm³/mol. The van der Waals surface area contributed by atoms with E-state index in [1.54, 1.807) is 86.6 Å². The van der Waals surface area contributed by atoms with E-state index in [4.69, 9.17) is 30.5 Å². The van der Waals surface area contributed by atoms with Gasteiger partial charge in [0.2, 0.25) is 0 Å². The van der Waals surface area contributed by atoms with Gasteiger partial charge in [-0.1, -0.05) is 78.4 Å². The number of benzene rings is 3. The lowest BCUT2D eigenvalue weighted by atomic mass is 9.50. The molecule has 3 aromatic rings. The molecule has 1 saturated heterocycles. The largest absolute Gasteiger partial charge is 0.457 e. The zero-order chi connectivity index (χ0) is 44.9. The molecule has 0 unspecified atom stereocenters. The van der Waals surface area contributed by atoms with Crippen LogP contribution in [0.5, 0.6) is 0 Å². The van der Waals surface area contributed by atoms with Gasteiger partial charge in [0, 0.05) is 30.9 Å². The van der Waals surface area contributed by atoms with Crippen molar-refractivity contribution in [3.63, 3.8) is 0 Å². The fourth-order valence-corrected chi connectivity index (χ4v) is 10.4. The van der Waals surface area contributed by atoms with Crippen LogP contribution >= 0.6 is 11.6 Å². The SMILES string of the molecule is C=C(C)[C@@]12C[C@H](NC(=O)[C@H](O)[C@@H](NC(=O)c3ccccc3)c3ccccc3)C(C)=C1[C@@H](OC(C)=O)C(=O)[C@@]1(C)[C@H]([C@@H]2OC(=O)c2cccc(Cl)c2)[C@]2(OC(C)=O)CO[C@@H]2C[C@@H]1O. The van der Waals surface area contributed by atoms with Gasteiger partial charge in [-0.2, -0.15) is 0 Å². The summed E-state index contributed by atoms with van der Waals surface area (Å²) < 4.78 is 24.6. The van der Waals surface area contributed by atoms with E-state index in [2.05, 4.69) is 17.2 Å². The van der Waals surface area contributed by atoms with E-state index in [1.807, 2.05) is 0 Å². The number of ether oxygens (including phenoxy) is 4. The molecule has 0 radical (unpaired) electrons. The van der Waals surface area contributed by atoms with Gasteiger partial charge in [0.1, 0.15) is 12.2 Å². The highest BCUT2D eigenvalue weighted by Gasteiger charge is 2.78. The predicted octanol–water partition coefficient (Wildman–Crippen LogP) is 4.77. The van der Waals surface area contributed by atoms with E-state index >= 15 is 4.79 Å². The standard InChI is InChI=1S/C47H49ClN2O12/c1-24(2)46-22-32(49-43(57)37(54)36(28-14-9-7-10-15-28)50-42(56)29-16-11-8-12-17-29)25(3)35(46)38(60-26(4)51)40(55)45(6)33(53)21-34-47(23-59-34,62-27(5)52)39(45)41(46)61-44(58)30-18-13-19-31(48)20-30/h7-20,32-34,36-39,41,53-54H,1,21-23H2,2-6H3,(H,49,57)(H,50,56)/t32-,33-,34+,36-,37+,38+,39-,41-,45+,46-,47-/m0/s1. The van der Waals surface area contributed by atoms with Gasteiger partial charge in [0.15, 0.2) is 23.6 Å². The summed E-state index contributed by atoms with van der Waals surface area (Å²) in [4.78, 5) is 83.8. The minimum absolute atomic E-state index is 0.0419. The molecular formula is C47H49ClN2O12. The molecule has 7 rings (SSSR count). The first-order valence-electron chi connectivity index (χ1n) is 20.3. The molecular weight excluding hydrogens is 820 g/mol. The summed E-state index contributed by atoms with van der Waals surface area (Å²) in [6, 6.07) is 20.5. The first kappa shape index (κ1) is 44.4. The molecule has 14 nitrogen and oxygen atoms in total. The Kier molecular flexibility index (Phi) is 12.1. The quantitative estimate of drug-likeness (QED) is 0.117. The number of halogens is 1. The van der Waals surface area contributed by atoms with Gasteiger partial charge in [-0.05, 0) is 74.2 Å². The lowest BCUT2D eigenvalue weighted by molar-refractivity contribution is -0.332. The zero-order valence-corrected chi connectivity index (χ0v) is 35.6. The van der Waals surface area contributed by atoms with Crippen LogP contribution in [0.3, 0.4) is 0 Å². The molecule has 0 bridgehead atoms. The number of carbonyl (C=O) groups is 6. The highest BCUT2D eigenvalue weighted by atomic mass is 35.5. The number of amides is 2. The Morgan fingerprint density at radius 2 is 1.56 bits per heavy atom. The maximum absolute atomic E-state index is 15.4. The van der Waals surface area contributed by atoms with Crippen LogP contribution in [-0.4, -0.2) is 94.5 Å². The van der Waals surface area contributed by atoms with Gasteiger partial charge in [-0.25, -0.2) is 4.79 Å². The second-order valence-electron chi connectivity index (χ2n) is 16.8. The van der Waals surface area contributed by atoms with Crippen molar-refractivity contribution in [2.24, 2.45) is 16.7 Å². The number of hydrogen-bond acceptors (Lipinski definition) is 12. The molecule has 2 saturated carbocycles. The normalized spacial score (nSPS) is 30.7. The van der Waals surface area contributed by atoms with Crippen molar-refractivity contribution in [2.75, 3.05) is 6.61 Å². The van der Waals surface area contributed by atoms with Gasteiger partial charge in [-0.15, -0.1) is 0 Å². The van der Waals surface area contributed by atoms with Crippen molar-refractivity contribution in [3.8, 4) is 0 Å². The van der Waals surface area contributed by atoms with Crippen LogP contribution in [0, 0.1) is 16.7 Å². The monoisotopic (exact) mass is 868 g/mol. The van der Waals surface area contributed by atoms with Gasteiger partial charge in [0.25, 0.3) is 11.8 Å². The topological polar surface area (TPSA) is 204 Å². The summed E-state index contributed by atoms with van der Waals surface area (Å²) in [5.41, 5.74) is -3.68. The van der Waals surface area contributed by atoms with Crippen LogP contribution in [0.25, 0.3) is 0 Å². The van der Waals surface area contributed by atoms with Crippen LogP contribution < -0.4 is 10.6 Å². The molecule has 0 spiro atoms. The van der Waals surface area contributed by atoms with E-state index < -0.39 is 100 Å². The Hall–Kier alpha value is -5.67. The first-order valence-corrected chi connectivity index (χ1v) is 20.7. The lowest BCUT2D eigenvalue weighted by Crippen LogP contribution is -2.77. The maximum atomic E-state index is 15.4. The number of aliphatic hydroxyl groups is 2. The van der Waals surface area contributed by atoms with Crippen LogP contribution in [0.1, 0.15) is 79.8 Å². The highest BCUT2D eigenvalue weighted by molar-refractivity contribution is 6.30. The molecule has 2 amide bonds. The summed E-state index contributed by atoms with van der Waals surface area (Å²) in [7, 11) is 0. The molecule has 326 valence electrons. The van der Waals surface area contributed by atoms with Crippen molar-refractivity contribution in [1.82, 2.24) is 10.6 Å². The summed E-state index contributed by atoms with van der Waals surface area (Å²) in [5, 5.41) is 29.8. The van der Waals surface area contributed by atoms with Crippen molar-refractivity contribution < 1.29 is 57.9 Å². The maximum Gasteiger partial charge on any atom is 0.338 e. The number of hydrogen-bond donors (Lipinski definition) is 4. The molecule has 1 aliphatic heterocycles. The third-order valence-corrected chi connectivity index (χ3v) is 13.4. The number of rotatable bonds is 11. The first-order chi connectivity index (χ1) is 29.4. The van der Waals surface area contributed by atoms with Crippen LogP contribution in [0.2, 0.25) is 5.02 Å². The van der Waals surface area contributed by atoms with Crippen molar-refractivity contribution in [3.05, 3.63) is 130 Å². The van der Waals surface area contributed by atoms with Crippen molar-refractivity contribution in [2.45, 2.75) is 95.7 Å². The van der Waals surface area contributed by atoms with Gasteiger partial charge in [0.05, 0.1) is 47.1 Å². The number of nitrogens with one attached hydrogen (secondary N) is 2. The zero-order valence-electron chi connectivity index (χ0n) is 34.9. The number of aliphatic hydroxyl groups excluding tert-OH is 2. The molecule has 3 aliphatic carbocycles. The van der Waals surface area contributed by atoms with Gasteiger partial charge < -0.3 is 39.8 Å². The molecule has 3 aromatic carbocycles. The summed E-state index contributed by atoms with van der Waals surface area (Å²) in [6.45, 7) is 11.2. The average molecular weight is 869 g/mol. The summed E-state index contributed by atoms with van der Waals surface area (Å²) in [6.07, 6.45) is -7.83. The Morgan fingerprint density at radius 3 is 2.15 bits per heavy atom. The molecule has 0 aromatic heterocycles. The van der Waals surface area contributed by atoms with Crippen LogP contribution in [0.4, 0.5) is 0 Å². The number of carbonyl (C=O) groups excluding carboxylic acids is 6. The van der Waals surface area contributed by atoms with E-state index in [9.17, 15) is 34.2 Å². The van der Waals surface area contributed by atoms with Crippen LogP contribution in [0.15, 0.2) is 108 Å². The molecule has 11 atom stereocenters. The second-order valence-corrected chi connectivity index (χ2v) is 17.3. The van der Waals surface area contributed by atoms with E-state index in [0.29, 0.717) is 22.3 Å². The summed E-state index contributed by atoms with van der Waals surface area (Å²) >= 11 is 6.31. The van der Waals surface area contributed by atoms with Crippen LogP contribution in [-0.2, 0) is 38.1 Å². The lowest BCUT2D eigenvalue weighted by Gasteiger charge is -2.63. The Balaban J connectivity index is 1.38. The van der Waals surface area contributed by atoms with E-state index in [-0.39, 0.29) is 35.6 Å². The molecule has 4 aliphatic rings. The van der Waals surface area contributed by atoms with Crippen molar-refractivity contribution in [1.29, 1.82) is 0 Å². The molecule has 1 heterocycles. The minimum atomic E-state index is -1.91. The third kappa shape index (κ3) is 7.42. The number of ketones is 1. The molecule has 3 fully saturated rings. The Labute approximate surface area is 363 Å². The van der Waals surface area contributed by atoms with E-state index in [0.717, 1.165) is 6.92 Å². The highest BCUT2D eigenvalue weighted by Crippen LogP contribution is 2.66. The second kappa shape index (κ2) is 16.9.